The average Bonchev–Trinajstić information content (AvgIpc) is 3.40. The molecule has 0 aliphatic rings. The number of carbonyl (C=O) groups is 1. The van der Waals surface area contributed by atoms with Gasteiger partial charge in [0.05, 0.1) is 5.39 Å². The molecule has 0 saturated heterocycles. The van der Waals surface area contributed by atoms with Gasteiger partial charge in [0, 0.05) is 33.6 Å². The zero-order valence-electron chi connectivity index (χ0n) is 19.6. The van der Waals surface area contributed by atoms with Crippen LogP contribution in [0.3, 0.4) is 0 Å². The van der Waals surface area contributed by atoms with E-state index >= 15 is 0 Å². The van der Waals surface area contributed by atoms with Gasteiger partial charge >= 0.3 is 0 Å². The maximum Gasteiger partial charge on any atom is 0.226 e. The molecule has 0 fully saturated rings. The second-order valence-electron chi connectivity index (χ2n) is 8.54. The lowest BCUT2D eigenvalue weighted by molar-refractivity contribution is 0.0918. The third-order valence-electron chi connectivity index (χ3n) is 6.06. The smallest absolute Gasteiger partial charge is 0.226 e. The molecule has 3 aromatic heterocycles. The van der Waals surface area contributed by atoms with Gasteiger partial charge in [0.25, 0.3) is 0 Å². The number of carbonyl (C=O) groups excluding carboxylic acids is 1. The van der Waals surface area contributed by atoms with Crippen molar-refractivity contribution in [2.75, 3.05) is 6.61 Å². The first kappa shape index (κ1) is 22.0. The van der Waals surface area contributed by atoms with Crippen molar-refractivity contribution >= 4 is 27.3 Å². The molecule has 34 heavy (non-hydrogen) atoms. The summed E-state index contributed by atoms with van der Waals surface area (Å²) in [5.74, 6) is 0.354. The standard InChI is InChI=1S/C28H25N3O2S/c1-17-5-9-21(10-6-17)24-15-34-28-26(24)27(29-16-30-28)33-14-25(32)23-13-19(3)31(20(23)4)22-11-7-18(2)8-12-22/h5-13,15-16H,14H2,1-4H3. The predicted molar refractivity (Wildman–Crippen MR) is 137 cm³/mol. The van der Waals surface area contributed by atoms with Crippen LogP contribution in [0.1, 0.15) is 32.9 Å². The molecule has 0 radical (unpaired) electrons. The van der Waals surface area contributed by atoms with E-state index in [1.807, 2.05) is 19.9 Å². The molecule has 0 aliphatic heterocycles. The molecule has 5 rings (SSSR count). The average molecular weight is 468 g/mol. The van der Waals surface area contributed by atoms with E-state index in [9.17, 15) is 4.79 Å². The highest BCUT2D eigenvalue weighted by atomic mass is 32.1. The maximum absolute atomic E-state index is 13.2. The van der Waals surface area contributed by atoms with E-state index in [4.69, 9.17) is 4.74 Å². The zero-order chi connectivity index (χ0) is 23.8. The third-order valence-corrected chi connectivity index (χ3v) is 6.95. The lowest BCUT2D eigenvalue weighted by atomic mass is 10.0. The summed E-state index contributed by atoms with van der Waals surface area (Å²) in [5.41, 5.74) is 8.10. The Morgan fingerprint density at radius 3 is 2.32 bits per heavy atom. The van der Waals surface area contributed by atoms with Crippen LogP contribution in [0.25, 0.3) is 27.0 Å². The van der Waals surface area contributed by atoms with E-state index in [1.54, 1.807) is 11.3 Å². The molecule has 170 valence electrons. The fourth-order valence-electron chi connectivity index (χ4n) is 4.25. The number of aromatic nitrogens is 3. The summed E-state index contributed by atoms with van der Waals surface area (Å²) in [6.45, 7) is 8.02. The minimum Gasteiger partial charge on any atom is -0.469 e. The Morgan fingerprint density at radius 1 is 0.941 bits per heavy atom. The zero-order valence-corrected chi connectivity index (χ0v) is 20.4. The van der Waals surface area contributed by atoms with Crippen molar-refractivity contribution in [3.63, 3.8) is 0 Å². The molecule has 0 amide bonds. The number of aryl methyl sites for hydroxylation is 3. The Morgan fingerprint density at radius 2 is 1.62 bits per heavy atom. The Kier molecular flexibility index (Phi) is 5.75. The van der Waals surface area contributed by atoms with Crippen LogP contribution >= 0.6 is 11.3 Å². The predicted octanol–water partition coefficient (Wildman–Crippen LogP) is 6.64. The summed E-state index contributed by atoms with van der Waals surface area (Å²) in [4.78, 5) is 22.8. The van der Waals surface area contributed by atoms with E-state index in [-0.39, 0.29) is 12.4 Å². The molecule has 0 N–H and O–H groups in total. The van der Waals surface area contributed by atoms with Crippen molar-refractivity contribution < 1.29 is 9.53 Å². The van der Waals surface area contributed by atoms with Crippen LogP contribution in [-0.4, -0.2) is 26.9 Å². The highest BCUT2D eigenvalue weighted by Gasteiger charge is 2.19. The third kappa shape index (κ3) is 4.01. The fourth-order valence-corrected chi connectivity index (χ4v) is 5.16. The van der Waals surface area contributed by atoms with Crippen molar-refractivity contribution in [2.24, 2.45) is 0 Å². The van der Waals surface area contributed by atoms with E-state index in [0.717, 1.165) is 38.4 Å². The lowest BCUT2D eigenvalue weighted by Gasteiger charge is -2.11. The van der Waals surface area contributed by atoms with Gasteiger partial charge in [-0.05, 0) is 51.5 Å². The van der Waals surface area contributed by atoms with Gasteiger partial charge in [-0.25, -0.2) is 9.97 Å². The molecule has 0 spiro atoms. The monoisotopic (exact) mass is 467 g/mol. The minimum absolute atomic E-state index is 0.0784. The summed E-state index contributed by atoms with van der Waals surface area (Å²) in [6, 6.07) is 18.5. The van der Waals surface area contributed by atoms with Gasteiger partial charge in [0.15, 0.2) is 6.61 Å². The molecule has 0 aliphatic carbocycles. The van der Waals surface area contributed by atoms with Crippen LogP contribution < -0.4 is 4.74 Å². The van der Waals surface area contributed by atoms with Crippen molar-refractivity contribution in [1.82, 2.24) is 14.5 Å². The molecule has 6 heteroatoms. The Bertz CT molecular complexity index is 1500. The summed E-state index contributed by atoms with van der Waals surface area (Å²) in [7, 11) is 0. The highest BCUT2D eigenvalue weighted by molar-refractivity contribution is 7.17. The van der Waals surface area contributed by atoms with E-state index in [0.29, 0.717) is 11.4 Å². The number of hydrogen-bond acceptors (Lipinski definition) is 5. The fraction of sp³-hybridized carbons (Fsp3) is 0.179. The van der Waals surface area contributed by atoms with Gasteiger partial charge in [0.1, 0.15) is 11.2 Å². The first-order chi connectivity index (χ1) is 16.4. The molecule has 3 heterocycles. The first-order valence-electron chi connectivity index (χ1n) is 11.1. The molecular weight excluding hydrogens is 442 g/mol. The Hall–Kier alpha value is -3.77. The second-order valence-corrected chi connectivity index (χ2v) is 9.40. The molecule has 0 saturated carbocycles. The van der Waals surface area contributed by atoms with Gasteiger partial charge in [0.2, 0.25) is 11.7 Å². The normalized spacial score (nSPS) is 11.2. The van der Waals surface area contributed by atoms with Crippen LogP contribution in [0, 0.1) is 27.7 Å². The van der Waals surface area contributed by atoms with Crippen LogP contribution in [-0.2, 0) is 0 Å². The number of ketones is 1. The van der Waals surface area contributed by atoms with Crippen LogP contribution in [0.2, 0.25) is 0 Å². The largest absolute Gasteiger partial charge is 0.469 e. The van der Waals surface area contributed by atoms with Crippen molar-refractivity contribution in [3.8, 4) is 22.7 Å². The summed E-state index contributed by atoms with van der Waals surface area (Å²) < 4.78 is 8.10. The topological polar surface area (TPSA) is 57.0 Å². The summed E-state index contributed by atoms with van der Waals surface area (Å²) >= 11 is 1.54. The first-order valence-corrected chi connectivity index (χ1v) is 12.0. The lowest BCUT2D eigenvalue weighted by Crippen LogP contribution is -2.13. The molecular formula is C28H25N3O2S. The number of nitrogens with zero attached hydrogens (tertiary/aromatic N) is 3. The number of fused-ring (bicyclic) bond motifs is 1. The number of thiophene rings is 1. The Balaban J connectivity index is 1.43. The summed E-state index contributed by atoms with van der Waals surface area (Å²) in [5, 5.41) is 2.91. The number of rotatable bonds is 6. The molecule has 5 aromatic rings. The van der Waals surface area contributed by atoms with Gasteiger partial charge < -0.3 is 9.30 Å². The SMILES string of the molecule is Cc1ccc(-c2csc3ncnc(OCC(=O)c4cc(C)n(-c5ccc(C)cc5)c4C)c23)cc1. The molecule has 5 nitrogen and oxygen atoms in total. The van der Waals surface area contributed by atoms with Gasteiger partial charge in [-0.1, -0.05) is 47.5 Å². The van der Waals surface area contributed by atoms with Gasteiger partial charge in [-0.2, -0.15) is 0 Å². The van der Waals surface area contributed by atoms with Gasteiger partial charge in [-0.15, -0.1) is 11.3 Å². The van der Waals surface area contributed by atoms with Crippen LogP contribution in [0.15, 0.2) is 66.3 Å². The van der Waals surface area contributed by atoms with Crippen LogP contribution in [0.4, 0.5) is 0 Å². The summed E-state index contributed by atoms with van der Waals surface area (Å²) in [6.07, 6.45) is 1.49. The molecule has 2 aromatic carbocycles. The molecule has 0 bridgehead atoms. The van der Waals surface area contributed by atoms with Crippen molar-refractivity contribution in [3.05, 3.63) is 94.4 Å². The second kappa shape index (κ2) is 8.88. The highest BCUT2D eigenvalue weighted by Crippen LogP contribution is 2.37. The number of ether oxygens (including phenoxy) is 1. The maximum atomic E-state index is 13.2. The van der Waals surface area contributed by atoms with E-state index < -0.39 is 0 Å². The van der Waals surface area contributed by atoms with E-state index in [2.05, 4.69) is 82.3 Å². The quantitative estimate of drug-likeness (QED) is 0.263. The van der Waals surface area contributed by atoms with Crippen molar-refractivity contribution in [2.45, 2.75) is 27.7 Å². The number of Topliss-reactive ketones (excluding diaryl/α,β-unsaturated/α-hetero) is 1. The Labute approximate surface area is 202 Å². The molecule has 0 unspecified atom stereocenters. The minimum atomic E-state index is -0.0898. The number of hydrogen-bond donors (Lipinski definition) is 0. The molecule has 0 atom stereocenters. The van der Waals surface area contributed by atoms with E-state index in [1.165, 1.54) is 17.5 Å². The number of benzene rings is 2. The van der Waals surface area contributed by atoms with Crippen LogP contribution in [0.5, 0.6) is 5.88 Å². The van der Waals surface area contributed by atoms with Gasteiger partial charge in [-0.3, -0.25) is 4.79 Å². The van der Waals surface area contributed by atoms with Crippen molar-refractivity contribution in [1.29, 1.82) is 0 Å².